The molecule has 2 atom stereocenters. The highest BCUT2D eigenvalue weighted by Gasteiger charge is 2.25. The fourth-order valence-electron chi connectivity index (χ4n) is 3.44. The summed E-state index contributed by atoms with van der Waals surface area (Å²) in [6.07, 6.45) is 8.48. The minimum atomic E-state index is -2.90. The van der Waals surface area contributed by atoms with Crippen molar-refractivity contribution >= 4 is 11.8 Å². The van der Waals surface area contributed by atoms with Crippen LogP contribution in [-0.2, 0) is 0 Å². The van der Waals surface area contributed by atoms with Gasteiger partial charge in [0.1, 0.15) is 5.82 Å². The van der Waals surface area contributed by atoms with E-state index >= 15 is 0 Å². The molecule has 0 amide bonds. The summed E-state index contributed by atoms with van der Waals surface area (Å²) in [6, 6.07) is 9.07. The molecule has 0 unspecified atom stereocenters. The van der Waals surface area contributed by atoms with Gasteiger partial charge in [0.25, 0.3) is 5.56 Å². The van der Waals surface area contributed by atoms with E-state index in [0.717, 1.165) is 25.1 Å². The zero-order chi connectivity index (χ0) is 20.9. The first-order chi connectivity index (χ1) is 14.6. The van der Waals surface area contributed by atoms with Gasteiger partial charge in [0.05, 0.1) is 24.3 Å². The maximum Gasteiger partial charge on any atom is 0.387 e. The molecule has 30 heavy (non-hydrogen) atoms. The lowest BCUT2D eigenvalue weighted by Gasteiger charge is -2.15. The molecule has 8 nitrogen and oxygen atoms in total. The van der Waals surface area contributed by atoms with Crippen LogP contribution in [0, 0.1) is 0 Å². The molecular formula is C20H20F2N6O2. The Kier molecular flexibility index (Phi) is 5.82. The van der Waals surface area contributed by atoms with Crippen LogP contribution in [-0.4, -0.2) is 38.2 Å². The molecule has 3 aromatic heterocycles. The molecule has 1 fully saturated rings. The molecular weight excluding hydrogens is 394 g/mol. The van der Waals surface area contributed by atoms with E-state index in [1.165, 1.54) is 23.0 Å². The lowest BCUT2D eigenvalue weighted by atomic mass is 10.2. The summed E-state index contributed by atoms with van der Waals surface area (Å²) >= 11 is 0. The average molecular weight is 414 g/mol. The second-order valence-electron chi connectivity index (χ2n) is 6.93. The maximum absolute atomic E-state index is 12.2. The van der Waals surface area contributed by atoms with Gasteiger partial charge < -0.3 is 15.4 Å². The molecule has 156 valence electrons. The van der Waals surface area contributed by atoms with E-state index in [4.69, 9.17) is 0 Å². The number of pyridine rings is 2. The number of nitrogens with zero attached hydrogens (tertiary/aromatic N) is 4. The average Bonchev–Trinajstić information content (AvgIpc) is 3.17. The molecule has 1 saturated carbocycles. The summed E-state index contributed by atoms with van der Waals surface area (Å²) in [4.78, 5) is 24.3. The summed E-state index contributed by atoms with van der Waals surface area (Å²) < 4.78 is 30.1. The third-order valence-electron chi connectivity index (χ3n) is 4.82. The zero-order valence-corrected chi connectivity index (χ0v) is 15.9. The van der Waals surface area contributed by atoms with E-state index < -0.39 is 6.61 Å². The second-order valence-corrected chi connectivity index (χ2v) is 6.93. The summed E-state index contributed by atoms with van der Waals surface area (Å²) in [5.41, 5.74) is 0.592. The number of halogens is 2. The fourth-order valence-corrected chi connectivity index (χ4v) is 3.44. The quantitative estimate of drug-likeness (QED) is 0.614. The Morgan fingerprint density at radius 3 is 2.43 bits per heavy atom. The van der Waals surface area contributed by atoms with Crippen LogP contribution in [0.15, 0.2) is 59.9 Å². The molecule has 0 radical (unpaired) electrons. The monoisotopic (exact) mass is 414 g/mol. The standard InChI is InChI=1S/C20H20F2N6O2/c21-19(22)30-16-11-24-20(25-12-16)27-14-5-4-13(9-14)26-17-7-6-15(10-23-17)28-8-2-1-3-18(28)29/h1-3,6-8,10-14,19H,4-5,9H2,(H,23,26)(H,24,25,27)/t13-,14+/m1/s1. The lowest BCUT2D eigenvalue weighted by molar-refractivity contribution is -0.0503. The van der Waals surface area contributed by atoms with Crippen LogP contribution in [0.25, 0.3) is 5.69 Å². The number of anilines is 2. The van der Waals surface area contributed by atoms with Gasteiger partial charge in [0, 0.05) is 24.3 Å². The van der Waals surface area contributed by atoms with Crippen molar-refractivity contribution < 1.29 is 13.5 Å². The van der Waals surface area contributed by atoms with Gasteiger partial charge in [-0.25, -0.2) is 15.0 Å². The summed E-state index contributed by atoms with van der Waals surface area (Å²) in [5.74, 6) is 1.03. The Balaban J connectivity index is 1.31. The molecule has 2 N–H and O–H groups in total. The van der Waals surface area contributed by atoms with E-state index in [-0.39, 0.29) is 23.4 Å². The first-order valence-corrected chi connectivity index (χ1v) is 9.51. The highest BCUT2D eigenvalue weighted by atomic mass is 19.3. The number of hydrogen-bond donors (Lipinski definition) is 2. The van der Waals surface area contributed by atoms with Crippen LogP contribution in [0.2, 0.25) is 0 Å². The minimum Gasteiger partial charge on any atom is -0.432 e. The van der Waals surface area contributed by atoms with Crippen molar-refractivity contribution in [3.63, 3.8) is 0 Å². The normalized spacial score (nSPS) is 18.4. The Morgan fingerprint density at radius 1 is 1.00 bits per heavy atom. The number of nitrogens with one attached hydrogen (secondary N) is 2. The van der Waals surface area contributed by atoms with E-state index in [1.54, 1.807) is 24.5 Å². The molecule has 0 spiro atoms. The molecule has 1 aliphatic rings. The molecule has 0 aromatic carbocycles. The van der Waals surface area contributed by atoms with Gasteiger partial charge in [-0.2, -0.15) is 8.78 Å². The first kappa shape index (κ1) is 19.7. The number of aromatic nitrogens is 4. The minimum absolute atomic E-state index is 0.0752. The number of rotatable bonds is 7. The van der Waals surface area contributed by atoms with Gasteiger partial charge in [-0.1, -0.05) is 6.07 Å². The van der Waals surface area contributed by atoms with E-state index in [2.05, 4.69) is 30.3 Å². The SMILES string of the molecule is O=c1ccccn1-c1ccc(N[C@@H]2CC[C@H](Nc3ncc(OC(F)F)cn3)C2)nc1. The van der Waals surface area contributed by atoms with Crippen molar-refractivity contribution in [3.05, 3.63) is 65.5 Å². The largest absolute Gasteiger partial charge is 0.432 e. The number of ether oxygens (including phenoxy) is 1. The van der Waals surface area contributed by atoms with Crippen LogP contribution in [0.4, 0.5) is 20.5 Å². The van der Waals surface area contributed by atoms with E-state index in [1.807, 2.05) is 12.1 Å². The maximum atomic E-state index is 12.2. The second kappa shape index (κ2) is 8.85. The topological polar surface area (TPSA) is 94.0 Å². The van der Waals surface area contributed by atoms with Crippen molar-refractivity contribution in [1.82, 2.24) is 19.5 Å². The van der Waals surface area contributed by atoms with Crippen LogP contribution < -0.4 is 20.9 Å². The smallest absolute Gasteiger partial charge is 0.387 e. The van der Waals surface area contributed by atoms with Gasteiger partial charge >= 0.3 is 6.61 Å². The molecule has 4 rings (SSSR count). The molecule has 10 heteroatoms. The molecule has 3 aromatic rings. The predicted molar refractivity (Wildman–Crippen MR) is 107 cm³/mol. The van der Waals surface area contributed by atoms with Gasteiger partial charge in [-0.05, 0) is 37.5 Å². The van der Waals surface area contributed by atoms with Crippen LogP contribution in [0.3, 0.4) is 0 Å². The van der Waals surface area contributed by atoms with Crippen molar-refractivity contribution in [2.75, 3.05) is 10.6 Å². The molecule has 0 bridgehead atoms. The fraction of sp³-hybridized carbons (Fsp3) is 0.300. The van der Waals surface area contributed by atoms with Crippen LogP contribution in [0.5, 0.6) is 5.75 Å². The molecule has 0 aliphatic heterocycles. The van der Waals surface area contributed by atoms with E-state index in [0.29, 0.717) is 11.6 Å². The van der Waals surface area contributed by atoms with E-state index in [9.17, 15) is 13.6 Å². The molecule has 1 aliphatic carbocycles. The summed E-state index contributed by atoms with van der Waals surface area (Å²) in [7, 11) is 0. The van der Waals surface area contributed by atoms with Gasteiger partial charge in [0.15, 0.2) is 5.75 Å². The van der Waals surface area contributed by atoms with Crippen LogP contribution in [0.1, 0.15) is 19.3 Å². The Morgan fingerprint density at radius 2 is 1.77 bits per heavy atom. The summed E-state index contributed by atoms with van der Waals surface area (Å²) in [5, 5.41) is 6.61. The third-order valence-corrected chi connectivity index (χ3v) is 4.82. The lowest BCUT2D eigenvalue weighted by Crippen LogP contribution is -2.22. The van der Waals surface area contributed by atoms with Crippen molar-refractivity contribution in [1.29, 1.82) is 0 Å². The Bertz CT molecular complexity index is 1030. The predicted octanol–water partition coefficient (Wildman–Crippen LogP) is 3.07. The molecule has 3 heterocycles. The Labute approximate surface area is 171 Å². The summed E-state index contributed by atoms with van der Waals surface area (Å²) in [6.45, 7) is -2.90. The highest BCUT2D eigenvalue weighted by molar-refractivity contribution is 5.42. The van der Waals surface area contributed by atoms with Crippen molar-refractivity contribution in [2.45, 2.75) is 38.0 Å². The number of hydrogen-bond acceptors (Lipinski definition) is 7. The van der Waals surface area contributed by atoms with Crippen molar-refractivity contribution in [3.8, 4) is 11.4 Å². The number of alkyl halides is 2. The first-order valence-electron chi connectivity index (χ1n) is 9.51. The zero-order valence-electron chi connectivity index (χ0n) is 15.9. The van der Waals surface area contributed by atoms with Gasteiger partial charge in [-0.3, -0.25) is 9.36 Å². The van der Waals surface area contributed by atoms with Crippen molar-refractivity contribution in [2.24, 2.45) is 0 Å². The Hall–Kier alpha value is -3.56. The third kappa shape index (κ3) is 4.88. The van der Waals surface area contributed by atoms with Gasteiger partial charge in [-0.15, -0.1) is 0 Å². The molecule has 0 saturated heterocycles. The van der Waals surface area contributed by atoms with Crippen LogP contribution >= 0.6 is 0 Å². The highest BCUT2D eigenvalue weighted by Crippen LogP contribution is 2.25. The van der Waals surface area contributed by atoms with Gasteiger partial charge in [0.2, 0.25) is 5.95 Å².